The van der Waals surface area contributed by atoms with Crippen LogP contribution in [0.25, 0.3) is 0 Å². The summed E-state index contributed by atoms with van der Waals surface area (Å²) in [6.45, 7) is 0. The first-order valence-electron chi connectivity index (χ1n) is 1.44. The highest BCUT2D eigenvalue weighted by atomic mass is 32.8. The summed E-state index contributed by atoms with van der Waals surface area (Å²) in [5, 5.41) is 0. The van der Waals surface area contributed by atoms with Crippen LogP contribution in [0.15, 0.2) is 0 Å². The van der Waals surface area contributed by atoms with Crippen molar-refractivity contribution in [2.75, 3.05) is 13.4 Å². The summed E-state index contributed by atoms with van der Waals surface area (Å²) in [5.41, 5.74) is 0. The summed E-state index contributed by atoms with van der Waals surface area (Å²) in [6.07, 6.45) is 1.98. The summed E-state index contributed by atoms with van der Waals surface area (Å²) in [6, 6.07) is 0. The maximum atomic E-state index is 4.83. The Morgan fingerprint density at radius 1 is 1.83 bits per heavy atom. The predicted octanol–water partition coefficient (Wildman–Crippen LogP) is 0.225. The number of rotatable bonds is 1. The van der Waals surface area contributed by atoms with E-state index in [0.29, 0.717) is 0 Å². The van der Waals surface area contributed by atoms with Gasteiger partial charge in [0.25, 0.3) is 0 Å². The molecule has 0 saturated carbocycles. The highest BCUT2D eigenvalue weighted by Gasteiger charge is 1.67. The third-order valence-corrected chi connectivity index (χ3v) is 2.61. The van der Waals surface area contributed by atoms with Crippen LogP contribution in [0.3, 0.4) is 0 Å². The van der Waals surface area contributed by atoms with Crippen molar-refractivity contribution in [1.82, 2.24) is 0 Å². The molecule has 3 heteroatoms. The lowest BCUT2D eigenvalue weighted by Gasteiger charge is -1.86. The molecule has 0 aromatic carbocycles. The van der Waals surface area contributed by atoms with E-state index in [-0.39, 0.29) is 9.74 Å². The maximum Gasteiger partial charge on any atom is 0.0506 e. The van der Waals surface area contributed by atoms with Gasteiger partial charge in [-0.2, -0.15) is 0 Å². The third kappa shape index (κ3) is 2.63. The van der Waals surface area contributed by atoms with E-state index in [1.807, 2.05) is 6.26 Å². The zero-order chi connectivity index (χ0) is 4.99. The molecule has 38 valence electrons. The van der Waals surface area contributed by atoms with Crippen LogP contribution in [0.4, 0.5) is 0 Å². The molecular weight excluding hydrogens is 116 g/mol. The molecule has 0 heterocycles. The van der Waals surface area contributed by atoms with Gasteiger partial charge in [0.15, 0.2) is 0 Å². The second-order valence-corrected chi connectivity index (χ2v) is 4.17. The molecule has 0 amide bonds. The van der Waals surface area contributed by atoms with E-state index in [2.05, 4.69) is 5.87 Å². The predicted molar refractivity (Wildman–Crippen MR) is 34.8 cm³/mol. The Morgan fingerprint density at radius 2 is 2.33 bits per heavy atom. The highest BCUT2D eigenvalue weighted by molar-refractivity contribution is 8.31. The Kier molecular flexibility index (Phi) is 3.82. The van der Waals surface area contributed by atoms with Gasteiger partial charge in [-0.05, 0) is 15.6 Å². The van der Waals surface area contributed by atoms with Gasteiger partial charge in [0.05, 0.1) is 7.11 Å². The maximum absolute atomic E-state index is 4.83. The molecule has 0 bridgehead atoms. The monoisotopic (exact) mass is 124 g/mol. The topological polar surface area (TPSA) is 9.23 Å². The Bertz CT molecular complexity index is 82.8. The molecule has 0 N–H and O–H groups in total. The molecule has 0 rings (SSSR count). The van der Waals surface area contributed by atoms with Crippen LogP contribution < -0.4 is 0 Å². The molecule has 0 aromatic rings. The number of hydrogen-bond donors (Lipinski definition) is 0. The van der Waals surface area contributed by atoms with Crippen LogP contribution in [0.2, 0.25) is 0 Å². The van der Waals surface area contributed by atoms with E-state index in [0.717, 1.165) is 0 Å². The zero-order valence-electron chi connectivity index (χ0n) is 3.93. The molecular formula is C3H8OS2. The van der Waals surface area contributed by atoms with Gasteiger partial charge >= 0.3 is 0 Å². The molecule has 0 aliphatic heterocycles. The van der Waals surface area contributed by atoms with Gasteiger partial charge in [0, 0.05) is 6.26 Å². The van der Waals surface area contributed by atoms with Crippen LogP contribution in [-0.4, -0.2) is 19.2 Å². The molecule has 0 aromatic heterocycles. The van der Waals surface area contributed by atoms with Crippen LogP contribution >= 0.6 is 0 Å². The van der Waals surface area contributed by atoms with E-state index < -0.39 is 0 Å². The van der Waals surface area contributed by atoms with Crippen molar-refractivity contribution in [1.29, 1.82) is 0 Å². The highest BCUT2D eigenvalue weighted by Crippen LogP contribution is 1.69. The molecule has 0 fully saturated rings. The van der Waals surface area contributed by atoms with Gasteiger partial charge in [0.1, 0.15) is 0 Å². The van der Waals surface area contributed by atoms with Gasteiger partial charge in [-0.25, -0.2) is 0 Å². The average molecular weight is 124 g/mol. The second kappa shape index (κ2) is 3.59. The van der Waals surface area contributed by atoms with Crippen molar-refractivity contribution in [3.8, 4) is 0 Å². The first-order valence-corrected chi connectivity index (χ1v) is 4.50. The van der Waals surface area contributed by atoms with Crippen LogP contribution in [0.5, 0.6) is 0 Å². The SMILES string of the molecule is C=S=S(C)OC. The van der Waals surface area contributed by atoms with E-state index in [9.17, 15) is 0 Å². The Hall–Kier alpha value is 0.400. The lowest BCUT2D eigenvalue weighted by molar-refractivity contribution is 0.487. The summed E-state index contributed by atoms with van der Waals surface area (Å²) >= 11 is 0. The van der Waals surface area contributed by atoms with E-state index >= 15 is 0 Å². The summed E-state index contributed by atoms with van der Waals surface area (Å²) in [4.78, 5) is 0. The largest absolute Gasteiger partial charge is 0.317 e. The summed E-state index contributed by atoms with van der Waals surface area (Å²) < 4.78 is 4.83. The normalized spacial score (nSPS) is 13.7. The molecule has 0 saturated heterocycles. The summed E-state index contributed by atoms with van der Waals surface area (Å²) in [5.74, 6) is 3.56. The molecule has 0 aliphatic carbocycles. The van der Waals surface area contributed by atoms with Gasteiger partial charge in [0.2, 0.25) is 0 Å². The van der Waals surface area contributed by atoms with Crippen LogP contribution in [0.1, 0.15) is 0 Å². The molecule has 1 nitrogen and oxygen atoms in total. The Morgan fingerprint density at radius 3 is 2.33 bits per heavy atom. The number of hydrogen-bond acceptors (Lipinski definition) is 1. The average Bonchev–Trinajstić information content (AvgIpc) is 1.65. The minimum absolute atomic E-state index is 0.0216. The Balaban J connectivity index is 3.52. The van der Waals surface area contributed by atoms with Gasteiger partial charge in [-0.15, -0.1) is 9.91 Å². The minimum atomic E-state index is 0.0216. The van der Waals surface area contributed by atoms with Gasteiger partial charge in [-0.3, -0.25) is 0 Å². The van der Waals surface area contributed by atoms with Crippen LogP contribution in [-0.2, 0) is 23.8 Å². The smallest absolute Gasteiger partial charge is 0.0506 e. The zero-order valence-corrected chi connectivity index (χ0v) is 5.56. The molecule has 0 aliphatic rings. The van der Waals surface area contributed by atoms with Crippen molar-refractivity contribution in [2.24, 2.45) is 0 Å². The third-order valence-electron chi connectivity index (χ3n) is 0.401. The lowest BCUT2D eigenvalue weighted by Crippen LogP contribution is -1.83. The molecule has 1 unspecified atom stereocenters. The van der Waals surface area contributed by atoms with Gasteiger partial charge in [-0.1, -0.05) is 0 Å². The minimum Gasteiger partial charge on any atom is -0.317 e. The fraction of sp³-hybridized carbons (Fsp3) is 0.667. The lowest BCUT2D eigenvalue weighted by atomic mass is 11.8. The standard InChI is InChI=1S/C3H8OS2/c1-4-6(3)5-2/h2H2,1,3H3. The fourth-order valence-electron chi connectivity index (χ4n) is 0.0481. The molecule has 6 heavy (non-hydrogen) atoms. The molecule has 0 spiro atoms. The van der Waals surface area contributed by atoms with E-state index in [1.165, 1.54) is 9.91 Å². The van der Waals surface area contributed by atoms with Crippen molar-refractivity contribution in [3.63, 3.8) is 0 Å². The van der Waals surface area contributed by atoms with E-state index in [4.69, 9.17) is 4.18 Å². The van der Waals surface area contributed by atoms with E-state index in [1.54, 1.807) is 7.11 Å². The molecule has 0 radical (unpaired) electrons. The summed E-state index contributed by atoms with van der Waals surface area (Å²) in [7, 11) is 3.18. The van der Waals surface area contributed by atoms with Gasteiger partial charge < -0.3 is 4.18 Å². The first kappa shape index (κ1) is 6.40. The van der Waals surface area contributed by atoms with Crippen molar-refractivity contribution >= 4 is 25.5 Å². The van der Waals surface area contributed by atoms with Crippen LogP contribution in [0, 0.1) is 0 Å². The molecule has 1 atom stereocenters. The fourth-order valence-corrected chi connectivity index (χ4v) is 0.433. The second-order valence-electron chi connectivity index (χ2n) is 0.686. The van der Waals surface area contributed by atoms with Crippen molar-refractivity contribution in [3.05, 3.63) is 0 Å². The van der Waals surface area contributed by atoms with Crippen molar-refractivity contribution in [2.45, 2.75) is 0 Å². The Labute approximate surface area is 43.7 Å². The quantitative estimate of drug-likeness (QED) is 0.455. The van der Waals surface area contributed by atoms with Crippen molar-refractivity contribution < 1.29 is 4.18 Å². The first-order chi connectivity index (χ1) is 2.81.